The van der Waals surface area contributed by atoms with E-state index in [1.807, 2.05) is 13.8 Å². The van der Waals surface area contributed by atoms with Crippen molar-refractivity contribution in [1.29, 1.82) is 0 Å². The smallest absolute Gasteiger partial charge is 0.162 e. The summed E-state index contributed by atoms with van der Waals surface area (Å²) < 4.78 is 0. The van der Waals surface area contributed by atoms with Crippen molar-refractivity contribution < 1.29 is 15.0 Å². The molecule has 4 rings (SSSR count). The third kappa shape index (κ3) is 3.23. The van der Waals surface area contributed by atoms with Crippen LogP contribution < -0.4 is 0 Å². The molecule has 7 atom stereocenters. The molecule has 0 spiro atoms. The maximum absolute atomic E-state index is 13.0. The zero-order valence-corrected chi connectivity index (χ0v) is 22.7. The van der Waals surface area contributed by atoms with Gasteiger partial charge in [0.05, 0.1) is 5.60 Å². The van der Waals surface area contributed by atoms with Crippen LogP contribution in [0.3, 0.4) is 0 Å². The van der Waals surface area contributed by atoms with E-state index in [4.69, 9.17) is 0 Å². The van der Waals surface area contributed by atoms with Gasteiger partial charge in [0.2, 0.25) is 0 Å². The lowest BCUT2D eigenvalue weighted by atomic mass is 9.41. The molecule has 0 aromatic carbocycles. The van der Waals surface area contributed by atoms with Gasteiger partial charge in [-0.05, 0) is 67.1 Å². The standard InChI is InChI=1S/C30H50O3/c1-19(2)10-9-11-20(3)21-12-15-28(7)22-14-17-30(33)26(4,5)25(32)24(31)18-29(30,8)23(22)13-16-27(21,28)6/h19-21,25,32-33H,9-18H2,1-8H3/t20-,21-,25?,27-,28+,29-,30?/m1/s1. The molecule has 33 heavy (non-hydrogen) atoms. The van der Waals surface area contributed by atoms with Crippen LogP contribution in [-0.2, 0) is 4.79 Å². The van der Waals surface area contributed by atoms with Crippen molar-refractivity contribution >= 4 is 5.78 Å². The second-order valence-corrected chi connectivity index (χ2v) is 14.1. The average molecular weight is 459 g/mol. The largest absolute Gasteiger partial charge is 0.388 e. The third-order valence-corrected chi connectivity index (χ3v) is 12.0. The first-order valence-corrected chi connectivity index (χ1v) is 13.8. The predicted molar refractivity (Wildman–Crippen MR) is 135 cm³/mol. The summed E-state index contributed by atoms with van der Waals surface area (Å²) in [6, 6.07) is 0. The van der Waals surface area contributed by atoms with Crippen molar-refractivity contribution in [3.63, 3.8) is 0 Å². The first-order chi connectivity index (χ1) is 15.2. The first kappa shape index (κ1) is 25.4. The number of aliphatic hydroxyl groups excluding tert-OH is 1. The number of hydrogen-bond acceptors (Lipinski definition) is 3. The highest BCUT2D eigenvalue weighted by Crippen LogP contribution is 2.73. The van der Waals surface area contributed by atoms with Crippen molar-refractivity contribution in [2.45, 2.75) is 131 Å². The number of Topliss-reactive ketones (excluding diaryl/α,β-unsaturated/α-hetero) is 1. The SMILES string of the molecule is CC(C)CCC[C@@H](C)[C@H]1CC[C@@]2(C)C3=C(CC[C@]12C)[C@@]1(C)CC(=O)C(O)C(C)(C)C1(O)CC3. The highest BCUT2D eigenvalue weighted by molar-refractivity contribution is 5.87. The van der Waals surface area contributed by atoms with Gasteiger partial charge in [-0.2, -0.15) is 0 Å². The van der Waals surface area contributed by atoms with Gasteiger partial charge in [-0.15, -0.1) is 0 Å². The molecule has 0 bridgehead atoms. The fourth-order valence-corrected chi connectivity index (χ4v) is 9.47. The van der Waals surface area contributed by atoms with Gasteiger partial charge in [-0.3, -0.25) is 4.79 Å². The van der Waals surface area contributed by atoms with Crippen LogP contribution in [0.5, 0.6) is 0 Å². The van der Waals surface area contributed by atoms with Gasteiger partial charge < -0.3 is 10.2 Å². The molecule has 0 saturated heterocycles. The monoisotopic (exact) mass is 458 g/mol. The van der Waals surface area contributed by atoms with Gasteiger partial charge in [0.25, 0.3) is 0 Å². The summed E-state index contributed by atoms with van der Waals surface area (Å²) in [6.45, 7) is 18.2. The van der Waals surface area contributed by atoms with Crippen LogP contribution in [0.2, 0.25) is 0 Å². The van der Waals surface area contributed by atoms with E-state index in [0.29, 0.717) is 11.8 Å². The molecule has 2 N–H and O–H groups in total. The minimum atomic E-state index is -1.08. The van der Waals surface area contributed by atoms with E-state index in [9.17, 15) is 15.0 Å². The van der Waals surface area contributed by atoms with Crippen molar-refractivity contribution in [2.75, 3.05) is 0 Å². The average Bonchev–Trinajstić information content (AvgIpc) is 3.00. The summed E-state index contributed by atoms with van der Waals surface area (Å²) in [6.07, 6.45) is 9.43. The number of fused-ring (bicyclic) bond motifs is 4. The Hall–Kier alpha value is -0.670. The molecule has 0 amide bonds. The van der Waals surface area contributed by atoms with E-state index in [1.165, 1.54) is 37.7 Å². The summed E-state index contributed by atoms with van der Waals surface area (Å²) in [7, 11) is 0. The number of aliphatic hydroxyl groups is 2. The fourth-order valence-electron chi connectivity index (χ4n) is 9.47. The van der Waals surface area contributed by atoms with Crippen LogP contribution in [0.4, 0.5) is 0 Å². The summed E-state index contributed by atoms with van der Waals surface area (Å²) in [4.78, 5) is 13.0. The lowest BCUT2D eigenvalue weighted by Gasteiger charge is -2.65. The van der Waals surface area contributed by atoms with E-state index in [1.54, 1.807) is 5.57 Å². The topological polar surface area (TPSA) is 57.5 Å². The summed E-state index contributed by atoms with van der Waals surface area (Å²) in [5.41, 5.74) is 0.955. The molecular formula is C30H50O3. The van der Waals surface area contributed by atoms with E-state index >= 15 is 0 Å². The van der Waals surface area contributed by atoms with Crippen LogP contribution in [0, 0.1) is 39.4 Å². The van der Waals surface area contributed by atoms with Crippen molar-refractivity contribution in [2.24, 2.45) is 39.4 Å². The minimum Gasteiger partial charge on any atom is -0.388 e. The second-order valence-electron chi connectivity index (χ2n) is 14.1. The Balaban J connectivity index is 1.70. The Morgan fingerprint density at radius 2 is 1.52 bits per heavy atom. The van der Waals surface area contributed by atoms with Crippen molar-refractivity contribution in [1.82, 2.24) is 0 Å². The lowest BCUT2D eigenvalue weighted by Crippen LogP contribution is -2.69. The summed E-state index contributed by atoms with van der Waals surface area (Å²) in [5.74, 6) is 2.19. The van der Waals surface area contributed by atoms with Gasteiger partial charge in [0, 0.05) is 17.3 Å². The molecule has 2 fully saturated rings. The number of hydrogen-bond donors (Lipinski definition) is 2. The minimum absolute atomic E-state index is 0.0949. The molecule has 3 heteroatoms. The number of carbonyl (C=O) groups excluding carboxylic acids is 1. The first-order valence-electron chi connectivity index (χ1n) is 13.8. The molecule has 0 aromatic rings. The summed E-state index contributed by atoms with van der Waals surface area (Å²) >= 11 is 0. The van der Waals surface area contributed by atoms with Crippen LogP contribution >= 0.6 is 0 Å². The number of ketones is 1. The molecule has 0 aromatic heterocycles. The number of rotatable bonds is 5. The maximum Gasteiger partial charge on any atom is 0.162 e. The van der Waals surface area contributed by atoms with E-state index in [2.05, 4.69) is 41.5 Å². The van der Waals surface area contributed by atoms with Crippen LogP contribution in [-0.4, -0.2) is 27.7 Å². The van der Waals surface area contributed by atoms with E-state index in [0.717, 1.165) is 37.0 Å². The van der Waals surface area contributed by atoms with Gasteiger partial charge in [-0.25, -0.2) is 0 Å². The molecule has 188 valence electrons. The van der Waals surface area contributed by atoms with Crippen molar-refractivity contribution in [3.05, 3.63) is 11.1 Å². The number of carbonyl (C=O) groups is 1. The molecule has 0 radical (unpaired) electrons. The molecule has 2 unspecified atom stereocenters. The molecule has 0 aliphatic heterocycles. The Kier molecular flexibility index (Phi) is 6.10. The lowest BCUT2D eigenvalue weighted by molar-refractivity contribution is -0.217. The zero-order valence-electron chi connectivity index (χ0n) is 22.7. The van der Waals surface area contributed by atoms with Crippen LogP contribution in [0.1, 0.15) is 120 Å². The molecule has 2 saturated carbocycles. The van der Waals surface area contributed by atoms with Gasteiger partial charge in [-0.1, -0.05) is 85.8 Å². The van der Waals surface area contributed by atoms with E-state index in [-0.39, 0.29) is 17.6 Å². The van der Waals surface area contributed by atoms with E-state index < -0.39 is 22.5 Å². The summed E-state index contributed by atoms with van der Waals surface area (Å²) in [5, 5.41) is 22.9. The molecule has 4 aliphatic rings. The number of allylic oxidation sites excluding steroid dienone is 1. The Labute approximate surface area is 202 Å². The van der Waals surface area contributed by atoms with Crippen molar-refractivity contribution in [3.8, 4) is 0 Å². The molecule has 4 aliphatic carbocycles. The molecular weight excluding hydrogens is 408 g/mol. The Morgan fingerprint density at radius 1 is 0.909 bits per heavy atom. The predicted octanol–water partition coefficient (Wildman–Crippen LogP) is 6.85. The van der Waals surface area contributed by atoms with Gasteiger partial charge in [0.15, 0.2) is 5.78 Å². The van der Waals surface area contributed by atoms with Crippen LogP contribution in [0.15, 0.2) is 11.1 Å². The van der Waals surface area contributed by atoms with Gasteiger partial charge in [0.1, 0.15) is 6.10 Å². The quantitative estimate of drug-likeness (QED) is 0.443. The molecule has 0 heterocycles. The van der Waals surface area contributed by atoms with Crippen LogP contribution in [0.25, 0.3) is 0 Å². The van der Waals surface area contributed by atoms with Gasteiger partial charge >= 0.3 is 0 Å². The normalized spacial score (nSPS) is 45.6. The fraction of sp³-hybridized carbons (Fsp3) is 0.900. The third-order valence-electron chi connectivity index (χ3n) is 12.0. The zero-order chi connectivity index (χ0) is 24.6. The second kappa shape index (κ2) is 7.92. The molecule has 3 nitrogen and oxygen atoms in total. The Morgan fingerprint density at radius 3 is 2.15 bits per heavy atom. The maximum atomic E-state index is 13.0. The highest BCUT2D eigenvalue weighted by Gasteiger charge is 2.69. The highest BCUT2D eigenvalue weighted by atomic mass is 16.3. The Bertz CT molecular complexity index is 839.